The van der Waals surface area contributed by atoms with Crippen LogP contribution < -0.4 is 5.32 Å². The molecule has 0 bridgehead atoms. The molecule has 0 aliphatic heterocycles. The Morgan fingerprint density at radius 1 is 1.47 bits per heavy atom. The number of nitrogens with one attached hydrogen (secondary N) is 1. The number of hydrogen-bond acceptors (Lipinski definition) is 3. The van der Waals surface area contributed by atoms with Gasteiger partial charge >= 0.3 is 5.97 Å². The lowest BCUT2D eigenvalue weighted by Gasteiger charge is -2.22. The Morgan fingerprint density at radius 2 is 2.13 bits per heavy atom. The maximum Gasteiger partial charge on any atom is 0.320 e. The van der Waals surface area contributed by atoms with Gasteiger partial charge in [0.05, 0.1) is 6.10 Å². The zero-order chi connectivity index (χ0) is 11.1. The van der Waals surface area contributed by atoms with Crippen molar-refractivity contribution in [1.82, 2.24) is 5.32 Å². The average molecular weight is 215 g/mol. The summed E-state index contributed by atoms with van der Waals surface area (Å²) in [5.41, 5.74) is 0. The molecule has 0 amide bonds. The molecule has 88 valence electrons. The lowest BCUT2D eigenvalue weighted by Crippen LogP contribution is -2.35. The fraction of sp³-hybridized carbons (Fsp3) is 0.909. The van der Waals surface area contributed by atoms with Gasteiger partial charge in [-0.2, -0.15) is 0 Å². The Hall–Kier alpha value is -0.610. The Balaban J connectivity index is 2.11. The molecular formula is C11H21NO3. The highest BCUT2D eigenvalue weighted by atomic mass is 16.5. The van der Waals surface area contributed by atoms with Gasteiger partial charge in [-0.1, -0.05) is 19.3 Å². The van der Waals surface area contributed by atoms with Crippen molar-refractivity contribution in [2.45, 2.75) is 50.7 Å². The molecule has 1 unspecified atom stereocenters. The van der Waals surface area contributed by atoms with Crippen LogP contribution in [0.15, 0.2) is 0 Å². The molecule has 0 aromatic rings. The molecular weight excluding hydrogens is 194 g/mol. The molecule has 0 aromatic heterocycles. The molecule has 1 aliphatic rings. The van der Waals surface area contributed by atoms with Crippen molar-refractivity contribution in [2.75, 3.05) is 13.7 Å². The molecule has 0 saturated heterocycles. The van der Waals surface area contributed by atoms with Crippen molar-refractivity contribution in [1.29, 1.82) is 0 Å². The molecule has 2 N–H and O–H groups in total. The summed E-state index contributed by atoms with van der Waals surface area (Å²) in [6.45, 7) is 0.544. The van der Waals surface area contributed by atoms with Gasteiger partial charge in [-0.3, -0.25) is 4.79 Å². The number of ether oxygens (including phenoxy) is 1. The maximum absolute atomic E-state index is 10.7. The van der Waals surface area contributed by atoms with Gasteiger partial charge in [0.2, 0.25) is 0 Å². The first kappa shape index (κ1) is 12.5. The van der Waals surface area contributed by atoms with Crippen LogP contribution in [-0.4, -0.2) is 36.9 Å². The van der Waals surface area contributed by atoms with Gasteiger partial charge in [0.15, 0.2) is 0 Å². The number of likely N-dealkylation sites (N-methyl/N-ethyl adjacent to an activating group) is 1. The third-order valence-electron chi connectivity index (χ3n) is 2.96. The van der Waals surface area contributed by atoms with Gasteiger partial charge in [0.1, 0.15) is 6.04 Å². The van der Waals surface area contributed by atoms with Crippen molar-refractivity contribution in [3.05, 3.63) is 0 Å². The molecule has 1 atom stereocenters. The Morgan fingerprint density at radius 3 is 2.67 bits per heavy atom. The van der Waals surface area contributed by atoms with Crippen LogP contribution in [0.5, 0.6) is 0 Å². The highest BCUT2D eigenvalue weighted by molar-refractivity contribution is 5.73. The lowest BCUT2D eigenvalue weighted by molar-refractivity contribution is -0.140. The van der Waals surface area contributed by atoms with E-state index in [0.717, 1.165) is 12.8 Å². The van der Waals surface area contributed by atoms with E-state index in [1.807, 2.05) is 0 Å². The second kappa shape index (κ2) is 6.80. The molecule has 0 radical (unpaired) electrons. The smallest absolute Gasteiger partial charge is 0.320 e. The third kappa shape index (κ3) is 4.62. The SMILES string of the molecule is CNC(CCOC1CCCCC1)C(=O)O. The van der Waals surface area contributed by atoms with E-state index in [2.05, 4.69) is 5.32 Å². The van der Waals surface area contributed by atoms with Crippen LogP contribution in [0.4, 0.5) is 0 Å². The van der Waals surface area contributed by atoms with Gasteiger partial charge in [-0.05, 0) is 26.3 Å². The molecule has 15 heavy (non-hydrogen) atoms. The maximum atomic E-state index is 10.7. The third-order valence-corrected chi connectivity index (χ3v) is 2.96. The zero-order valence-corrected chi connectivity index (χ0v) is 9.37. The predicted molar refractivity (Wildman–Crippen MR) is 57.9 cm³/mol. The zero-order valence-electron chi connectivity index (χ0n) is 9.37. The van der Waals surface area contributed by atoms with Gasteiger partial charge in [-0.15, -0.1) is 0 Å². The van der Waals surface area contributed by atoms with Crippen molar-refractivity contribution < 1.29 is 14.6 Å². The highest BCUT2D eigenvalue weighted by Crippen LogP contribution is 2.20. The summed E-state index contributed by atoms with van der Waals surface area (Å²) in [5.74, 6) is -0.801. The normalized spacial score (nSPS) is 20.1. The van der Waals surface area contributed by atoms with Crippen LogP contribution >= 0.6 is 0 Å². The topological polar surface area (TPSA) is 58.6 Å². The second-order valence-electron chi connectivity index (χ2n) is 4.10. The molecule has 1 rings (SSSR count). The summed E-state index contributed by atoms with van der Waals surface area (Å²) in [6, 6.07) is -0.478. The van der Waals surface area contributed by atoms with Crippen LogP contribution in [0.3, 0.4) is 0 Å². The Labute approximate surface area is 91.0 Å². The fourth-order valence-corrected chi connectivity index (χ4v) is 1.98. The van der Waals surface area contributed by atoms with Crippen molar-refractivity contribution in [3.8, 4) is 0 Å². The standard InChI is InChI=1S/C11H21NO3/c1-12-10(11(13)14)7-8-15-9-5-3-2-4-6-9/h9-10,12H,2-8H2,1H3,(H,13,14). The number of hydrogen-bond donors (Lipinski definition) is 2. The van der Waals surface area contributed by atoms with E-state index in [1.165, 1.54) is 19.3 Å². The highest BCUT2D eigenvalue weighted by Gasteiger charge is 2.17. The van der Waals surface area contributed by atoms with Crippen molar-refractivity contribution in [2.24, 2.45) is 0 Å². The first-order valence-electron chi connectivity index (χ1n) is 5.75. The first-order valence-corrected chi connectivity index (χ1v) is 5.75. The van der Waals surface area contributed by atoms with Gasteiger partial charge in [0.25, 0.3) is 0 Å². The monoisotopic (exact) mass is 215 g/mol. The first-order chi connectivity index (χ1) is 7.24. The average Bonchev–Trinajstić information content (AvgIpc) is 2.25. The second-order valence-corrected chi connectivity index (χ2v) is 4.10. The lowest BCUT2D eigenvalue weighted by atomic mass is 9.98. The van der Waals surface area contributed by atoms with E-state index < -0.39 is 12.0 Å². The molecule has 0 aromatic carbocycles. The number of rotatable bonds is 6. The molecule has 1 aliphatic carbocycles. The minimum atomic E-state index is -0.801. The summed E-state index contributed by atoms with van der Waals surface area (Å²) in [6.07, 6.45) is 6.99. The van der Waals surface area contributed by atoms with E-state index >= 15 is 0 Å². The van der Waals surface area contributed by atoms with Gasteiger partial charge < -0.3 is 15.2 Å². The molecule has 1 saturated carbocycles. The molecule has 0 heterocycles. The minimum absolute atomic E-state index is 0.366. The van der Waals surface area contributed by atoms with E-state index in [0.29, 0.717) is 19.1 Å². The summed E-state index contributed by atoms with van der Waals surface area (Å²) in [7, 11) is 1.67. The van der Waals surface area contributed by atoms with Gasteiger partial charge in [0, 0.05) is 6.61 Å². The van der Waals surface area contributed by atoms with Crippen LogP contribution in [0, 0.1) is 0 Å². The summed E-state index contributed by atoms with van der Waals surface area (Å²) >= 11 is 0. The molecule has 4 nitrogen and oxygen atoms in total. The molecule has 1 fully saturated rings. The Kier molecular flexibility index (Phi) is 5.65. The molecule has 0 spiro atoms. The van der Waals surface area contributed by atoms with Crippen LogP contribution in [0.1, 0.15) is 38.5 Å². The van der Waals surface area contributed by atoms with E-state index in [9.17, 15) is 4.79 Å². The van der Waals surface area contributed by atoms with Gasteiger partial charge in [-0.25, -0.2) is 0 Å². The fourth-order valence-electron chi connectivity index (χ4n) is 1.98. The van der Waals surface area contributed by atoms with Crippen LogP contribution in [0.2, 0.25) is 0 Å². The van der Waals surface area contributed by atoms with Crippen LogP contribution in [0.25, 0.3) is 0 Å². The van der Waals surface area contributed by atoms with E-state index in [1.54, 1.807) is 7.05 Å². The summed E-state index contributed by atoms with van der Waals surface area (Å²) in [5, 5.41) is 11.6. The number of carboxylic acid groups (broad SMARTS) is 1. The van der Waals surface area contributed by atoms with Crippen molar-refractivity contribution >= 4 is 5.97 Å². The number of aliphatic carboxylic acids is 1. The Bertz CT molecular complexity index is 190. The minimum Gasteiger partial charge on any atom is -0.480 e. The largest absolute Gasteiger partial charge is 0.480 e. The van der Waals surface area contributed by atoms with E-state index in [4.69, 9.17) is 9.84 Å². The summed E-state index contributed by atoms with van der Waals surface area (Å²) < 4.78 is 5.66. The number of carbonyl (C=O) groups is 1. The number of carboxylic acids is 1. The summed E-state index contributed by atoms with van der Waals surface area (Å²) in [4.78, 5) is 10.7. The van der Waals surface area contributed by atoms with Crippen molar-refractivity contribution in [3.63, 3.8) is 0 Å². The van der Waals surface area contributed by atoms with Crippen LogP contribution in [-0.2, 0) is 9.53 Å². The predicted octanol–water partition coefficient (Wildman–Crippen LogP) is 1.40. The quantitative estimate of drug-likeness (QED) is 0.703. The molecule has 4 heteroatoms. The van der Waals surface area contributed by atoms with E-state index in [-0.39, 0.29) is 0 Å².